The Kier molecular flexibility index (Phi) is 11.6. The summed E-state index contributed by atoms with van der Waals surface area (Å²) in [6, 6.07) is 18.9. The monoisotopic (exact) mass is 645 g/mol. The maximum atomic E-state index is 4.00. The largest absolute Gasteiger partial charge is 0.124 e. The molecule has 0 aliphatic heterocycles. The molecular weight excluding hydrogens is 577 g/mol. The molecule has 7 rings (SSSR count). The third kappa shape index (κ3) is 6.70. The highest BCUT2D eigenvalue weighted by atomic mass is 14.8. The van der Waals surface area contributed by atoms with Crippen LogP contribution in [0.2, 0.25) is 0 Å². The second-order valence-corrected chi connectivity index (χ2v) is 17.7. The third-order valence-corrected chi connectivity index (χ3v) is 13.1. The van der Waals surface area contributed by atoms with E-state index in [1.807, 2.05) is 13.8 Å². The Morgan fingerprint density at radius 1 is 0.729 bits per heavy atom. The Balaban J connectivity index is 0.000000694. The molecular formula is C48H68. The van der Waals surface area contributed by atoms with E-state index in [2.05, 4.69) is 143 Å². The smallest absolute Gasteiger partial charge is 0.00140 e. The van der Waals surface area contributed by atoms with E-state index < -0.39 is 0 Å². The summed E-state index contributed by atoms with van der Waals surface area (Å²) in [6.45, 7) is 27.3. The lowest BCUT2D eigenvalue weighted by Gasteiger charge is -2.74. The number of benzene rings is 2. The van der Waals surface area contributed by atoms with Gasteiger partial charge in [0.15, 0.2) is 0 Å². The van der Waals surface area contributed by atoms with Gasteiger partial charge in [0.25, 0.3) is 0 Å². The minimum atomic E-state index is 0.180. The van der Waals surface area contributed by atoms with E-state index in [1.54, 1.807) is 11.1 Å². The molecule has 0 heterocycles. The molecule has 260 valence electrons. The molecule has 0 aromatic heterocycles. The second-order valence-electron chi connectivity index (χ2n) is 17.7. The van der Waals surface area contributed by atoms with E-state index in [0.29, 0.717) is 16.7 Å². The summed E-state index contributed by atoms with van der Waals surface area (Å²) in [5.74, 6) is 3.69. The third-order valence-electron chi connectivity index (χ3n) is 13.1. The first-order valence-corrected chi connectivity index (χ1v) is 19.4. The van der Waals surface area contributed by atoms with Crippen LogP contribution in [0.5, 0.6) is 0 Å². The summed E-state index contributed by atoms with van der Waals surface area (Å²) in [5.41, 5.74) is 13.7. The van der Waals surface area contributed by atoms with Crippen LogP contribution in [0.15, 0.2) is 71.8 Å². The van der Waals surface area contributed by atoms with E-state index in [0.717, 1.165) is 24.2 Å². The molecule has 0 bridgehead atoms. The van der Waals surface area contributed by atoms with Gasteiger partial charge in [-0.15, -0.1) is 12.8 Å². The predicted molar refractivity (Wildman–Crippen MR) is 213 cm³/mol. The van der Waals surface area contributed by atoms with Crippen LogP contribution in [0.4, 0.5) is 0 Å². The van der Waals surface area contributed by atoms with Crippen molar-refractivity contribution in [2.24, 2.45) is 34.5 Å². The molecule has 0 nitrogen and oxygen atoms in total. The fourth-order valence-corrected chi connectivity index (χ4v) is 10.1. The minimum absolute atomic E-state index is 0.180. The lowest BCUT2D eigenvalue weighted by molar-refractivity contribution is -0.248. The van der Waals surface area contributed by atoms with E-state index in [4.69, 9.17) is 0 Å². The molecule has 0 saturated heterocycles. The van der Waals surface area contributed by atoms with Gasteiger partial charge < -0.3 is 0 Å². The molecule has 0 amide bonds. The zero-order valence-corrected chi connectivity index (χ0v) is 32.9. The highest BCUT2D eigenvalue weighted by Crippen LogP contribution is 2.83. The van der Waals surface area contributed by atoms with Crippen LogP contribution in [-0.2, 0) is 10.8 Å². The van der Waals surface area contributed by atoms with Crippen LogP contribution in [0.1, 0.15) is 157 Å². The van der Waals surface area contributed by atoms with Crippen molar-refractivity contribution < 1.29 is 0 Å². The molecule has 4 saturated carbocycles. The Bertz CT molecular complexity index is 1490. The number of allylic oxidation sites excluding steroid dienone is 6. The first-order valence-electron chi connectivity index (χ1n) is 19.4. The molecule has 2 aromatic rings. The molecule has 48 heavy (non-hydrogen) atoms. The van der Waals surface area contributed by atoms with Crippen molar-refractivity contribution in [2.45, 2.75) is 145 Å². The van der Waals surface area contributed by atoms with Crippen LogP contribution in [-0.4, -0.2) is 0 Å². The van der Waals surface area contributed by atoms with Crippen molar-refractivity contribution in [1.29, 1.82) is 0 Å². The molecule has 4 fully saturated rings. The molecule has 5 aliphatic rings. The predicted octanol–water partition coefficient (Wildman–Crippen LogP) is 14.0. The fourth-order valence-electron chi connectivity index (χ4n) is 10.1. The van der Waals surface area contributed by atoms with Gasteiger partial charge >= 0.3 is 0 Å². The Hall–Kier alpha value is -2.78. The average Bonchev–Trinajstić information content (AvgIpc) is 3.21. The number of hydrogen-bond donors (Lipinski definition) is 0. The molecule has 0 heteroatoms. The number of hydrogen-bond acceptors (Lipinski definition) is 0. The second kappa shape index (κ2) is 14.6. The normalized spacial score (nSPS) is 31.3. The topological polar surface area (TPSA) is 0 Å². The summed E-state index contributed by atoms with van der Waals surface area (Å²) >= 11 is 0. The van der Waals surface area contributed by atoms with Crippen molar-refractivity contribution in [3.8, 4) is 12.8 Å². The van der Waals surface area contributed by atoms with E-state index in [9.17, 15) is 0 Å². The van der Waals surface area contributed by atoms with Gasteiger partial charge in [0.05, 0.1) is 0 Å². The van der Waals surface area contributed by atoms with Crippen LogP contribution < -0.4 is 0 Å². The van der Waals surface area contributed by atoms with Gasteiger partial charge in [-0.1, -0.05) is 156 Å². The molecule has 4 unspecified atom stereocenters. The Morgan fingerprint density at radius 3 is 1.62 bits per heavy atom. The van der Waals surface area contributed by atoms with Gasteiger partial charge in [0, 0.05) is 0 Å². The quantitative estimate of drug-likeness (QED) is 0.291. The van der Waals surface area contributed by atoms with Gasteiger partial charge in [-0.25, -0.2) is 0 Å². The first kappa shape index (κ1) is 38.0. The van der Waals surface area contributed by atoms with Gasteiger partial charge in [-0.3, -0.25) is 0 Å². The van der Waals surface area contributed by atoms with Crippen LogP contribution >= 0.6 is 0 Å². The summed E-state index contributed by atoms with van der Waals surface area (Å²) in [6.07, 6.45) is 24.1. The van der Waals surface area contributed by atoms with E-state index >= 15 is 0 Å². The maximum absolute atomic E-state index is 4.00. The average molecular weight is 645 g/mol. The minimum Gasteiger partial charge on any atom is -0.124 e. The summed E-state index contributed by atoms with van der Waals surface area (Å²) in [4.78, 5) is 0. The van der Waals surface area contributed by atoms with Crippen molar-refractivity contribution in [1.82, 2.24) is 0 Å². The standard InChI is InChI=1S/C41H52.C3H8.C2H6.C2H2/c1-26-30(23-41-24-33-18-19-34(25-41)40(33,41)8)22-36(26)37-21-29(27-9-14-31(15-10-27)38(2,3)4)13-20-35(37)28-11-16-32(17-12-28)39(5,6)7;1-3-2;2*1-2/h9-17,20,26,30,33-34H,18-19,21-25H2,1-8H3;3H2,1-2H3;1-2H3;1-2H/b37-36+;;;. The number of rotatable bonds is 4. The van der Waals surface area contributed by atoms with E-state index in [1.165, 1.54) is 78.3 Å². The summed E-state index contributed by atoms with van der Waals surface area (Å²) in [7, 11) is 0. The lowest BCUT2D eigenvalue weighted by atomic mass is 9.31. The van der Waals surface area contributed by atoms with Crippen LogP contribution in [0.25, 0.3) is 11.1 Å². The molecule has 4 atom stereocenters. The Labute approximate surface area is 297 Å². The van der Waals surface area contributed by atoms with Gasteiger partial charge in [-0.05, 0) is 129 Å². The molecule has 2 aromatic carbocycles. The molecule has 0 spiro atoms. The first-order chi connectivity index (χ1) is 22.7. The fraction of sp³-hybridized carbons (Fsp3) is 0.583. The Morgan fingerprint density at radius 2 is 1.19 bits per heavy atom. The van der Waals surface area contributed by atoms with Crippen molar-refractivity contribution in [2.75, 3.05) is 0 Å². The van der Waals surface area contributed by atoms with Gasteiger partial charge in [0.2, 0.25) is 0 Å². The van der Waals surface area contributed by atoms with Crippen molar-refractivity contribution >= 4 is 11.1 Å². The summed E-state index contributed by atoms with van der Waals surface area (Å²) in [5, 5.41) is 0. The highest BCUT2D eigenvalue weighted by Gasteiger charge is 2.75. The van der Waals surface area contributed by atoms with Crippen molar-refractivity contribution in [3.05, 3.63) is 94.1 Å². The van der Waals surface area contributed by atoms with Crippen molar-refractivity contribution in [3.63, 3.8) is 0 Å². The SMILES string of the molecule is C#C.CC.CC1/C(=C2\CC(c3ccc(C(C)(C)C)cc3)=CC=C2c2ccc(C(C)(C)C)cc2)CC1CC12CC3CCC(C1)C32C.CCC. The molecule has 0 radical (unpaired) electrons. The maximum Gasteiger partial charge on any atom is -0.00140 e. The summed E-state index contributed by atoms with van der Waals surface area (Å²) < 4.78 is 0. The highest BCUT2D eigenvalue weighted by molar-refractivity contribution is 5.89. The van der Waals surface area contributed by atoms with Crippen LogP contribution in [0, 0.1) is 47.3 Å². The van der Waals surface area contributed by atoms with Gasteiger partial charge in [0.1, 0.15) is 0 Å². The van der Waals surface area contributed by atoms with E-state index in [-0.39, 0.29) is 10.8 Å². The zero-order valence-electron chi connectivity index (χ0n) is 32.9. The lowest BCUT2D eigenvalue weighted by Crippen LogP contribution is -2.66. The zero-order chi connectivity index (χ0) is 35.7. The molecule has 0 N–H and O–H groups in total. The van der Waals surface area contributed by atoms with Gasteiger partial charge in [-0.2, -0.15) is 0 Å². The van der Waals surface area contributed by atoms with Crippen LogP contribution in [0.3, 0.4) is 0 Å². The number of terminal acetylenes is 1. The molecule has 5 aliphatic carbocycles.